The van der Waals surface area contributed by atoms with Gasteiger partial charge in [0, 0.05) is 19.6 Å². The molecule has 0 atom stereocenters. The van der Waals surface area contributed by atoms with Gasteiger partial charge < -0.3 is 15.3 Å². The number of hydrogen-bond donors (Lipinski definition) is 2. The highest BCUT2D eigenvalue weighted by atomic mass is 16.3. The Bertz CT molecular complexity index is 348. The number of aromatic hydroxyl groups is 1. The van der Waals surface area contributed by atoms with Crippen molar-refractivity contribution >= 4 is 5.91 Å². The molecule has 0 radical (unpaired) electrons. The predicted octanol–water partition coefficient (Wildman–Crippen LogP) is 0.324. The molecule has 0 aromatic heterocycles. The molecule has 1 aliphatic rings. The van der Waals surface area contributed by atoms with E-state index in [1.54, 1.807) is 12.1 Å². The number of carbonyl (C=O) groups is 1. The minimum Gasteiger partial charge on any atom is -0.508 e. The van der Waals surface area contributed by atoms with Gasteiger partial charge in [-0.2, -0.15) is 0 Å². The van der Waals surface area contributed by atoms with Gasteiger partial charge in [0.2, 0.25) is 5.91 Å². The quantitative estimate of drug-likeness (QED) is 0.733. The van der Waals surface area contributed by atoms with Crippen molar-refractivity contribution in [2.45, 2.75) is 6.54 Å². The summed E-state index contributed by atoms with van der Waals surface area (Å²) in [6.07, 6.45) is 0. The number of phenolic OH excluding ortho intramolecular Hbond substituents is 1. The van der Waals surface area contributed by atoms with Gasteiger partial charge in [0.1, 0.15) is 5.75 Å². The highest BCUT2D eigenvalue weighted by molar-refractivity contribution is 5.78. The summed E-state index contributed by atoms with van der Waals surface area (Å²) < 4.78 is 0. The predicted molar refractivity (Wildman–Crippen MR) is 56.4 cm³/mol. The number of carbonyl (C=O) groups excluding carboxylic acids is 1. The molecular formula is C11H14N2O2. The molecule has 80 valence electrons. The SMILES string of the molecule is O=C1CNCCN1Cc1ccc(O)cc1. The molecule has 1 heterocycles. The van der Waals surface area contributed by atoms with E-state index in [-0.39, 0.29) is 11.7 Å². The van der Waals surface area contributed by atoms with Crippen molar-refractivity contribution in [2.24, 2.45) is 0 Å². The number of rotatable bonds is 2. The number of nitrogens with zero attached hydrogens (tertiary/aromatic N) is 1. The Labute approximate surface area is 88.5 Å². The van der Waals surface area contributed by atoms with Gasteiger partial charge in [-0.05, 0) is 17.7 Å². The van der Waals surface area contributed by atoms with E-state index in [9.17, 15) is 4.79 Å². The van der Waals surface area contributed by atoms with E-state index >= 15 is 0 Å². The van der Waals surface area contributed by atoms with Crippen molar-refractivity contribution in [3.63, 3.8) is 0 Å². The van der Waals surface area contributed by atoms with Gasteiger partial charge in [-0.25, -0.2) is 0 Å². The van der Waals surface area contributed by atoms with Crippen LogP contribution < -0.4 is 5.32 Å². The zero-order chi connectivity index (χ0) is 10.7. The maximum absolute atomic E-state index is 11.5. The van der Waals surface area contributed by atoms with E-state index < -0.39 is 0 Å². The first-order valence-corrected chi connectivity index (χ1v) is 5.02. The molecule has 0 spiro atoms. The number of amides is 1. The molecule has 1 aromatic rings. The molecule has 4 heteroatoms. The lowest BCUT2D eigenvalue weighted by molar-refractivity contribution is -0.132. The van der Waals surface area contributed by atoms with Gasteiger partial charge in [0.25, 0.3) is 0 Å². The van der Waals surface area contributed by atoms with Crippen molar-refractivity contribution in [3.05, 3.63) is 29.8 Å². The standard InChI is InChI=1S/C11H14N2O2/c14-10-3-1-9(2-4-10)8-13-6-5-12-7-11(13)15/h1-4,12,14H,5-8H2. The highest BCUT2D eigenvalue weighted by Crippen LogP contribution is 2.12. The Kier molecular flexibility index (Phi) is 2.87. The summed E-state index contributed by atoms with van der Waals surface area (Å²) in [5, 5.41) is 12.2. The average Bonchev–Trinajstić information content (AvgIpc) is 2.25. The minimum atomic E-state index is 0.134. The smallest absolute Gasteiger partial charge is 0.236 e. The summed E-state index contributed by atoms with van der Waals surface area (Å²) in [5.41, 5.74) is 1.04. The van der Waals surface area contributed by atoms with Crippen molar-refractivity contribution in [2.75, 3.05) is 19.6 Å². The van der Waals surface area contributed by atoms with Gasteiger partial charge >= 0.3 is 0 Å². The van der Waals surface area contributed by atoms with Gasteiger partial charge in [-0.15, -0.1) is 0 Å². The molecule has 0 bridgehead atoms. The topological polar surface area (TPSA) is 52.6 Å². The molecule has 2 N–H and O–H groups in total. The molecule has 1 saturated heterocycles. The Morgan fingerprint density at radius 1 is 1.33 bits per heavy atom. The summed E-state index contributed by atoms with van der Waals surface area (Å²) in [6, 6.07) is 6.96. The number of hydrogen-bond acceptors (Lipinski definition) is 3. The van der Waals surface area contributed by atoms with Crippen LogP contribution in [0.2, 0.25) is 0 Å². The molecule has 1 amide bonds. The van der Waals surface area contributed by atoms with Crippen LogP contribution in [0.15, 0.2) is 24.3 Å². The van der Waals surface area contributed by atoms with Gasteiger partial charge in [-0.3, -0.25) is 4.79 Å². The van der Waals surface area contributed by atoms with E-state index in [1.807, 2.05) is 17.0 Å². The molecule has 0 aliphatic carbocycles. The summed E-state index contributed by atoms with van der Waals surface area (Å²) in [6.45, 7) is 2.66. The molecule has 0 unspecified atom stereocenters. The molecular weight excluding hydrogens is 192 g/mol. The monoisotopic (exact) mass is 206 g/mol. The second-order valence-corrected chi connectivity index (χ2v) is 3.66. The lowest BCUT2D eigenvalue weighted by Crippen LogP contribution is -2.47. The molecule has 0 saturated carbocycles. The van der Waals surface area contributed by atoms with Gasteiger partial charge in [-0.1, -0.05) is 12.1 Å². The zero-order valence-electron chi connectivity index (χ0n) is 8.44. The average molecular weight is 206 g/mol. The minimum absolute atomic E-state index is 0.134. The van der Waals surface area contributed by atoms with Crippen molar-refractivity contribution < 1.29 is 9.90 Å². The van der Waals surface area contributed by atoms with Crippen LogP contribution in [0.25, 0.3) is 0 Å². The zero-order valence-corrected chi connectivity index (χ0v) is 8.44. The number of nitrogens with one attached hydrogen (secondary N) is 1. The van der Waals surface area contributed by atoms with Crippen LogP contribution in [0.5, 0.6) is 5.75 Å². The Morgan fingerprint density at radius 2 is 2.07 bits per heavy atom. The number of benzene rings is 1. The van der Waals surface area contributed by atoms with Crippen molar-refractivity contribution in [3.8, 4) is 5.75 Å². The molecule has 1 fully saturated rings. The van der Waals surface area contributed by atoms with Crippen LogP contribution in [0, 0.1) is 0 Å². The van der Waals surface area contributed by atoms with E-state index in [0.717, 1.165) is 18.7 Å². The maximum atomic E-state index is 11.5. The van der Waals surface area contributed by atoms with Crippen LogP contribution in [0.4, 0.5) is 0 Å². The third-order valence-electron chi connectivity index (χ3n) is 2.50. The summed E-state index contributed by atoms with van der Waals surface area (Å²) >= 11 is 0. The molecule has 2 rings (SSSR count). The van der Waals surface area contributed by atoms with E-state index in [4.69, 9.17) is 5.11 Å². The summed E-state index contributed by atoms with van der Waals surface area (Å²) in [7, 11) is 0. The van der Waals surface area contributed by atoms with E-state index in [2.05, 4.69) is 5.32 Å². The van der Waals surface area contributed by atoms with E-state index in [0.29, 0.717) is 13.1 Å². The van der Waals surface area contributed by atoms with E-state index in [1.165, 1.54) is 0 Å². The largest absolute Gasteiger partial charge is 0.508 e. The van der Waals surface area contributed by atoms with Gasteiger partial charge in [0.05, 0.1) is 6.54 Å². The number of piperazine rings is 1. The fourth-order valence-corrected chi connectivity index (χ4v) is 1.63. The second kappa shape index (κ2) is 4.31. The first kappa shape index (κ1) is 9.98. The maximum Gasteiger partial charge on any atom is 0.236 e. The number of phenols is 1. The fraction of sp³-hybridized carbons (Fsp3) is 0.364. The van der Waals surface area contributed by atoms with Crippen LogP contribution in [0.3, 0.4) is 0 Å². The highest BCUT2D eigenvalue weighted by Gasteiger charge is 2.17. The molecule has 4 nitrogen and oxygen atoms in total. The second-order valence-electron chi connectivity index (χ2n) is 3.66. The Morgan fingerprint density at radius 3 is 2.73 bits per heavy atom. The van der Waals surface area contributed by atoms with Crippen LogP contribution in [-0.2, 0) is 11.3 Å². The Balaban J connectivity index is 2.01. The molecule has 15 heavy (non-hydrogen) atoms. The van der Waals surface area contributed by atoms with Gasteiger partial charge in [0.15, 0.2) is 0 Å². The van der Waals surface area contributed by atoms with Crippen LogP contribution in [0.1, 0.15) is 5.56 Å². The summed E-state index contributed by atoms with van der Waals surface area (Å²) in [5.74, 6) is 0.389. The fourth-order valence-electron chi connectivity index (χ4n) is 1.63. The van der Waals surface area contributed by atoms with Crippen molar-refractivity contribution in [1.29, 1.82) is 0 Å². The molecule has 1 aliphatic heterocycles. The first-order chi connectivity index (χ1) is 7.25. The Hall–Kier alpha value is -1.55. The lowest BCUT2D eigenvalue weighted by atomic mass is 10.2. The van der Waals surface area contributed by atoms with Crippen LogP contribution in [-0.4, -0.2) is 35.5 Å². The lowest BCUT2D eigenvalue weighted by Gasteiger charge is -2.27. The third kappa shape index (κ3) is 2.47. The third-order valence-corrected chi connectivity index (χ3v) is 2.50. The normalized spacial score (nSPS) is 16.8. The first-order valence-electron chi connectivity index (χ1n) is 5.02. The van der Waals surface area contributed by atoms with Crippen molar-refractivity contribution in [1.82, 2.24) is 10.2 Å². The molecule has 1 aromatic carbocycles. The summed E-state index contributed by atoms with van der Waals surface area (Å²) in [4.78, 5) is 13.3. The van der Waals surface area contributed by atoms with Crippen LogP contribution >= 0.6 is 0 Å².